The van der Waals surface area contributed by atoms with Crippen LogP contribution in [0.2, 0.25) is 0 Å². The molecule has 0 aliphatic heterocycles. The van der Waals surface area contributed by atoms with Crippen LogP contribution >= 0.6 is 0 Å². The second-order valence-electron chi connectivity index (χ2n) is 6.15. The third kappa shape index (κ3) is 6.10. The van der Waals surface area contributed by atoms with Gasteiger partial charge in [-0.2, -0.15) is 0 Å². The number of likely N-dealkylation sites (N-methyl/N-ethyl adjacent to an activating group) is 1. The Balaban J connectivity index is 2.69. The van der Waals surface area contributed by atoms with Gasteiger partial charge in [-0.15, -0.1) is 0 Å². The molecule has 0 aliphatic rings. The molecule has 134 valence electrons. The number of benzene rings is 1. The van der Waals surface area contributed by atoms with Crippen LogP contribution in [0.1, 0.15) is 38.8 Å². The zero-order valence-electron chi connectivity index (χ0n) is 15.3. The number of hydrogen-bond acceptors (Lipinski definition) is 3. The largest absolute Gasteiger partial charge is 0.497 e. The molecule has 1 rings (SSSR count). The number of hydrogen-bond donors (Lipinski definition) is 2. The molecule has 1 atom stereocenters. The summed E-state index contributed by atoms with van der Waals surface area (Å²) in [7, 11) is 3.24. The number of urea groups is 1. The van der Waals surface area contributed by atoms with Crippen molar-refractivity contribution in [3.8, 4) is 5.75 Å². The molecule has 6 heteroatoms. The molecule has 0 heterocycles. The molecule has 24 heavy (non-hydrogen) atoms. The number of ether oxygens (including phenoxy) is 1. The first-order valence-electron chi connectivity index (χ1n) is 8.31. The van der Waals surface area contributed by atoms with Gasteiger partial charge in [0.15, 0.2) is 0 Å². The molecule has 0 saturated heterocycles. The summed E-state index contributed by atoms with van der Waals surface area (Å²) in [4.78, 5) is 25.5. The van der Waals surface area contributed by atoms with Crippen molar-refractivity contribution in [2.75, 3.05) is 27.2 Å². The van der Waals surface area contributed by atoms with Crippen LogP contribution in [0.25, 0.3) is 0 Å². The maximum Gasteiger partial charge on any atom is 0.318 e. The highest BCUT2D eigenvalue weighted by atomic mass is 16.5. The van der Waals surface area contributed by atoms with Crippen LogP contribution in [-0.4, -0.2) is 44.1 Å². The zero-order chi connectivity index (χ0) is 18.1. The smallest absolute Gasteiger partial charge is 0.318 e. The lowest BCUT2D eigenvalue weighted by Gasteiger charge is -2.26. The maximum absolute atomic E-state index is 12.4. The van der Waals surface area contributed by atoms with E-state index in [0.29, 0.717) is 6.54 Å². The summed E-state index contributed by atoms with van der Waals surface area (Å²) in [5.41, 5.74) is 1.00. The minimum absolute atomic E-state index is 0.0409. The Kier molecular flexibility index (Phi) is 8.09. The third-order valence-corrected chi connectivity index (χ3v) is 3.72. The van der Waals surface area contributed by atoms with E-state index in [1.165, 1.54) is 4.90 Å². The molecular formula is C18H29N3O3. The Labute approximate surface area is 144 Å². The van der Waals surface area contributed by atoms with E-state index in [4.69, 9.17) is 4.74 Å². The molecule has 1 aromatic carbocycles. The van der Waals surface area contributed by atoms with Crippen LogP contribution in [0.4, 0.5) is 4.79 Å². The number of nitrogens with one attached hydrogen (secondary N) is 2. The van der Waals surface area contributed by atoms with E-state index in [1.54, 1.807) is 14.2 Å². The van der Waals surface area contributed by atoms with Gasteiger partial charge in [-0.3, -0.25) is 4.79 Å². The van der Waals surface area contributed by atoms with Crippen LogP contribution in [0, 0.1) is 5.92 Å². The number of carbonyl (C=O) groups is 2. The molecule has 0 fully saturated rings. The van der Waals surface area contributed by atoms with Gasteiger partial charge in [0.1, 0.15) is 12.3 Å². The molecule has 1 aromatic rings. The third-order valence-electron chi connectivity index (χ3n) is 3.72. The summed E-state index contributed by atoms with van der Waals surface area (Å²) >= 11 is 0. The second kappa shape index (κ2) is 9.80. The molecule has 6 nitrogen and oxygen atoms in total. The first kappa shape index (κ1) is 19.8. The minimum Gasteiger partial charge on any atom is -0.497 e. The predicted molar refractivity (Wildman–Crippen MR) is 95.0 cm³/mol. The quantitative estimate of drug-likeness (QED) is 0.767. The fraction of sp³-hybridized carbons (Fsp3) is 0.556. The van der Waals surface area contributed by atoms with Crippen LogP contribution in [-0.2, 0) is 4.79 Å². The van der Waals surface area contributed by atoms with E-state index < -0.39 is 0 Å². The van der Waals surface area contributed by atoms with Crippen molar-refractivity contribution in [2.24, 2.45) is 5.92 Å². The molecule has 0 aliphatic carbocycles. The highest BCUT2D eigenvalue weighted by Gasteiger charge is 2.21. The van der Waals surface area contributed by atoms with Crippen LogP contribution < -0.4 is 15.4 Å². The molecular weight excluding hydrogens is 306 g/mol. The fourth-order valence-corrected chi connectivity index (χ4v) is 2.30. The van der Waals surface area contributed by atoms with E-state index in [-0.39, 0.29) is 30.4 Å². The van der Waals surface area contributed by atoms with Crippen molar-refractivity contribution in [1.82, 2.24) is 15.5 Å². The summed E-state index contributed by atoms with van der Waals surface area (Å²) in [5.74, 6) is 0.835. The minimum atomic E-state index is -0.267. The van der Waals surface area contributed by atoms with E-state index in [9.17, 15) is 9.59 Å². The van der Waals surface area contributed by atoms with Gasteiger partial charge in [-0.25, -0.2) is 4.79 Å². The molecule has 3 amide bonds. The fourth-order valence-electron chi connectivity index (χ4n) is 2.30. The van der Waals surface area contributed by atoms with Gasteiger partial charge in [-0.05, 0) is 30.0 Å². The van der Waals surface area contributed by atoms with Gasteiger partial charge in [0.05, 0.1) is 13.2 Å². The second-order valence-corrected chi connectivity index (χ2v) is 6.15. The average molecular weight is 335 g/mol. The Hall–Kier alpha value is -2.24. The van der Waals surface area contributed by atoms with Crippen LogP contribution in [0.15, 0.2) is 24.3 Å². The number of nitrogens with zero attached hydrogens (tertiary/aromatic N) is 1. The monoisotopic (exact) mass is 335 g/mol. The molecule has 0 radical (unpaired) electrons. The van der Waals surface area contributed by atoms with Gasteiger partial charge in [0.2, 0.25) is 5.91 Å². The number of amides is 3. The van der Waals surface area contributed by atoms with Crippen molar-refractivity contribution >= 4 is 11.9 Å². The first-order chi connectivity index (χ1) is 11.4. The van der Waals surface area contributed by atoms with Crippen molar-refractivity contribution in [1.29, 1.82) is 0 Å². The lowest BCUT2D eigenvalue weighted by molar-refractivity contribution is -0.121. The average Bonchev–Trinajstić information content (AvgIpc) is 2.57. The van der Waals surface area contributed by atoms with Crippen molar-refractivity contribution in [3.05, 3.63) is 29.8 Å². The maximum atomic E-state index is 12.4. The summed E-state index contributed by atoms with van der Waals surface area (Å²) in [5, 5.41) is 5.76. The summed E-state index contributed by atoms with van der Waals surface area (Å²) in [6, 6.07) is 7.23. The van der Waals surface area contributed by atoms with Gasteiger partial charge < -0.3 is 20.3 Å². The summed E-state index contributed by atoms with van der Waals surface area (Å²) < 4.78 is 5.16. The summed E-state index contributed by atoms with van der Waals surface area (Å²) in [6.45, 7) is 6.74. The van der Waals surface area contributed by atoms with Crippen molar-refractivity contribution in [3.63, 3.8) is 0 Å². The van der Waals surface area contributed by atoms with Gasteiger partial charge in [0.25, 0.3) is 0 Å². The highest BCUT2D eigenvalue weighted by molar-refractivity contribution is 5.84. The Bertz CT molecular complexity index is 529. The molecule has 0 bridgehead atoms. The Morgan fingerprint density at radius 1 is 1.21 bits per heavy atom. The lowest BCUT2D eigenvalue weighted by Crippen LogP contribution is -2.45. The van der Waals surface area contributed by atoms with E-state index in [0.717, 1.165) is 17.7 Å². The molecule has 1 unspecified atom stereocenters. The number of methoxy groups -OCH3 is 1. The van der Waals surface area contributed by atoms with E-state index in [1.807, 2.05) is 45.0 Å². The van der Waals surface area contributed by atoms with Gasteiger partial charge in [-0.1, -0.05) is 32.9 Å². The standard InChI is InChI=1S/C18H29N3O3/c1-6-11-19-16(22)12-21(4)18(23)20-17(13(2)3)14-7-9-15(24-5)10-8-14/h7-10,13,17H,6,11-12H2,1-5H3,(H,19,22)(H,20,23). The first-order valence-corrected chi connectivity index (χ1v) is 8.31. The zero-order valence-corrected chi connectivity index (χ0v) is 15.3. The van der Waals surface area contributed by atoms with Gasteiger partial charge in [0, 0.05) is 13.6 Å². The van der Waals surface area contributed by atoms with Crippen molar-refractivity contribution < 1.29 is 14.3 Å². The number of rotatable bonds is 8. The lowest BCUT2D eigenvalue weighted by atomic mass is 9.96. The SMILES string of the molecule is CCCNC(=O)CN(C)C(=O)NC(c1ccc(OC)cc1)C(C)C. The van der Waals surface area contributed by atoms with Gasteiger partial charge >= 0.3 is 6.03 Å². The molecule has 0 spiro atoms. The van der Waals surface area contributed by atoms with E-state index >= 15 is 0 Å². The van der Waals surface area contributed by atoms with Crippen molar-refractivity contribution in [2.45, 2.75) is 33.2 Å². The predicted octanol–water partition coefficient (Wildman–Crippen LogP) is 2.56. The Morgan fingerprint density at radius 3 is 2.33 bits per heavy atom. The molecule has 0 aromatic heterocycles. The Morgan fingerprint density at radius 2 is 1.83 bits per heavy atom. The normalized spacial score (nSPS) is 11.8. The topological polar surface area (TPSA) is 70.7 Å². The molecule has 2 N–H and O–H groups in total. The number of carbonyl (C=O) groups excluding carboxylic acids is 2. The molecule has 0 saturated carbocycles. The van der Waals surface area contributed by atoms with E-state index in [2.05, 4.69) is 10.6 Å². The van der Waals surface area contributed by atoms with Crippen LogP contribution in [0.3, 0.4) is 0 Å². The highest BCUT2D eigenvalue weighted by Crippen LogP contribution is 2.24. The van der Waals surface area contributed by atoms with Crippen LogP contribution in [0.5, 0.6) is 5.75 Å². The summed E-state index contributed by atoms with van der Waals surface area (Å²) in [6.07, 6.45) is 0.870.